The van der Waals surface area contributed by atoms with E-state index in [1.165, 1.54) is 24.1 Å². The van der Waals surface area contributed by atoms with E-state index in [9.17, 15) is 5.11 Å². The molecular weight excluding hydrogens is 210 g/mol. The van der Waals surface area contributed by atoms with E-state index in [1.54, 1.807) is 0 Å². The van der Waals surface area contributed by atoms with Crippen molar-refractivity contribution in [2.45, 2.75) is 38.7 Å². The van der Waals surface area contributed by atoms with Gasteiger partial charge in [-0.2, -0.15) is 0 Å². The molecule has 1 fully saturated rings. The van der Waals surface area contributed by atoms with E-state index < -0.39 is 0 Å². The second-order valence-corrected chi connectivity index (χ2v) is 5.30. The molecule has 0 heterocycles. The van der Waals surface area contributed by atoms with Gasteiger partial charge >= 0.3 is 0 Å². The van der Waals surface area contributed by atoms with Crippen molar-refractivity contribution in [2.24, 2.45) is 5.92 Å². The molecular formula is C15H23NO. The van der Waals surface area contributed by atoms with Gasteiger partial charge in [-0.15, -0.1) is 0 Å². The Morgan fingerprint density at radius 2 is 1.94 bits per heavy atom. The summed E-state index contributed by atoms with van der Waals surface area (Å²) in [5.41, 5.74) is 2.57. The summed E-state index contributed by atoms with van der Waals surface area (Å²) >= 11 is 0. The first-order valence-electron chi connectivity index (χ1n) is 6.62. The van der Waals surface area contributed by atoms with Crippen molar-refractivity contribution in [1.82, 2.24) is 0 Å². The smallest absolute Gasteiger partial charge is 0.0569 e. The van der Waals surface area contributed by atoms with Crippen molar-refractivity contribution < 1.29 is 5.11 Å². The molecule has 0 saturated heterocycles. The lowest BCUT2D eigenvalue weighted by Gasteiger charge is -2.22. The number of aliphatic hydroxyl groups excluding tert-OH is 1. The van der Waals surface area contributed by atoms with Gasteiger partial charge in [0.15, 0.2) is 0 Å². The predicted molar refractivity (Wildman–Crippen MR) is 72.4 cm³/mol. The normalized spacial score (nSPS) is 23.9. The average molecular weight is 233 g/mol. The van der Waals surface area contributed by atoms with Gasteiger partial charge in [0.05, 0.1) is 6.10 Å². The number of aryl methyl sites for hydroxylation is 1. The van der Waals surface area contributed by atoms with Gasteiger partial charge in [-0.05, 0) is 44.2 Å². The van der Waals surface area contributed by atoms with E-state index in [4.69, 9.17) is 0 Å². The maximum Gasteiger partial charge on any atom is 0.0569 e. The van der Waals surface area contributed by atoms with Crippen molar-refractivity contribution in [3.8, 4) is 0 Å². The zero-order chi connectivity index (χ0) is 12.3. The van der Waals surface area contributed by atoms with Gasteiger partial charge in [0.25, 0.3) is 0 Å². The number of anilines is 1. The third kappa shape index (κ3) is 3.22. The van der Waals surface area contributed by atoms with Crippen molar-refractivity contribution >= 4 is 5.69 Å². The Morgan fingerprint density at radius 3 is 2.53 bits per heavy atom. The first-order valence-corrected chi connectivity index (χ1v) is 6.62. The highest BCUT2D eigenvalue weighted by Crippen LogP contribution is 2.28. The van der Waals surface area contributed by atoms with Crippen molar-refractivity contribution in [2.75, 3.05) is 18.5 Å². The van der Waals surface area contributed by atoms with Gasteiger partial charge in [-0.1, -0.05) is 24.1 Å². The Balaban J connectivity index is 1.84. The number of rotatable bonds is 4. The summed E-state index contributed by atoms with van der Waals surface area (Å²) < 4.78 is 0. The molecule has 0 bridgehead atoms. The summed E-state index contributed by atoms with van der Waals surface area (Å²) in [5.74, 6) is 0.517. The molecule has 2 atom stereocenters. The molecule has 1 saturated carbocycles. The molecule has 1 aromatic rings. The van der Waals surface area contributed by atoms with Crippen LogP contribution in [0.5, 0.6) is 0 Å². The zero-order valence-corrected chi connectivity index (χ0v) is 10.9. The Kier molecular flexibility index (Phi) is 4.06. The van der Waals surface area contributed by atoms with Crippen molar-refractivity contribution in [1.29, 1.82) is 0 Å². The molecule has 2 heteroatoms. The minimum absolute atomic E-state index is 0.0542. The molecule has 17 heavy (non-hydrogen) atoms. The molecule has 0 amide bonds. The lowest BCUT2D eigenvalue weighted by atomic mass is 10.0. The van der Waals surface area contributed by atoms with E-state index >= 15 is 0 Å². The molecule has 94 valence electrons. The molecule has 1 aromatic carbocycles. The van der Waals surface area contributed by atoms with Crippen molar-refractivity contribution in [3.63, 3.8) is 0 Å². The van der Waals surface area contributed by atoms with Gasteiger partial charge < -0.3 is 10.0 Å². The van der Waals surface area contributed by atoms with Crippen LogP contribution in [0.1, 0.15) is 31.2 Å². The second-order valence-electron chi connectivity index (χ2n) is 5.30. The van der Waals surface area contributed by atoms with Crippen LogP contribution in [0.4, 0.5) is 5.69 Å². The van der Waals surface area contributed by atoms with Crippen LogP contribution in [0, 0.1) is 12.8 Å². The Bertz CT molecular complexity index is 346. The largest absolute Gasteiger partial charge is 0.393 e. The number of nitrogens with zero attached hydrogens (tertiary/aromatic N) is 1. The van der Waals surface area contributed by atoms with Gasteiger partial charge in [0, 0.05) is 19.3 Å². The number of benzene rings is 1. The first kappa shape index (κ1) is 12.4. The first-order chi connectivity index (χ1) is 8.16. The zero-order valence-electron chi connectivity index (χ0n) is 10.9. The van der Waals surface area contributed by atoms with E-state index in [0.29, 0.717) is 5.92 Å². The summed E-state index contributed by atoms with van der Waals surface area (Å²) in [4.78, 5) is 2.28. The maximum atomic E-state index is 9.79. The molecule has 2 nitrogen and oxygen atoms in total. The van der Waals surface area contributed by atoms with Crippen LogP contribution < -0.4 is 4.90 Å². The van der Waals surface area contributed by atoms with Gasteiger partial charge in [-0.25, -0.2) is 0 Å². The topological polar surface area (TPSA) is 23.5 Å². The van der Waals surface area contributed by atoms with E-state index in [-0.39, 0.29) is 6.10 Å². The number of hydrogen-bond donors (Lipinski definition) is 1. The molecule has 2 unspecified atom stereocenters. The maximum absolute atomic E-state index is 9.79. The lowest BCUT2D eigenvalue weighted by molar-refractivity contribution is 0.129. The highest BCUT2D eigenvalue weighted by atomic mass is 16.3. The van der Waals surface area contributed by atoms with Crippen LogP contribution in [0.25, 0.3) is 0 Å². The van der Waals surface area contributed by atoms with Crippen LogP contribution in [-0.4, -0.2) is 24.8 Å². The molecule has 1 aliphatic rings. The second kappa shape index (κ2) is 5.54. The monoisotopic (exact) mass is 233 g/mol. The minimum atomic E-state index is -0.0542. The SMILES string of the molecule is Cc1ccc(N(C)CCC2CCCC2O)cc1. The van der Waals surface area contributed by atoms with Gasteiger partial charge in [0.2, 0.25) is 0 Å². The highest BCUT2D eigenvalue weighted by Gasteiger charge is 2.24. The molecule has 1 N–H and O–H groups in total. The molecule has 0 aromatic heterocycles. The summed E-state index contributed by atoms with van der Waals surface area (Å²) in [5, 5.41) is 9.79. The van der Waals surface area contributed by atoms with Gasteiger partial charge in [0.1, 0.15) is 0 Å². The Labute approximate surface area is 104 Å². The van der Waals surface area contributed by atoms with Crippen LogP contribution in [0.3, 0.4) is 0 Å². The van der Waals surface area contributed by atoms with Crippen LogP contribution >= 0.6 is 0 Å². The fourth-order valence-electron chi connectivity index (χ4n) is 2.64. The fraction of sp³-hybridized carbons (Fsp3) is 0.600. The fourth-order valence-corrected chi connectivity index (χ4v) is 2.64. The van der Waals surface area contributed by atoms with Crippen LogP contribution in [-0.2, 0) is 0 Å². The highest BCUT2D eigenvalue weighted by molar-refractivity contribution is 5.46. The summed E-state index contributed by atoms with van der Waals surface area (Å²) in [7, 11) is 2.13. The predicted octanol–water partition coefficient (Wildman–Crippen LogP) is 2.98. The lowest BCUT2D eigenvalue weighted by Crippen LogP contribution is -2.23. The van der Waals surface area contributed by atoms with Crippen molar-refractivity contribution in [3.05, 3.63) is 29.8 Å². The standard InChI is InChI=1S/C15H23NO/c1-12-6-8-14(9-7-12)16(2)11-10-13-4-3-5-15(13)17/h6-9,13,15,17H,3-5,10-11H2,1-2H3. The third-order valence-electron chi connectivity index (χ3n) is 3.93. The number of hydrogen-bond acceptors (Lipinski definition) is 2. The van der Waals surface area contributed by atoms with E-state index in [0.717, 1.165) is 19.4 Å². The third-order valence-corrected chi connectivity index (χ3v) is 3.93. The summed E-state index contributed by atoms with van der Waals surface area (Å²) in [6.07, 6.45) is 4.44. The average Bonchev–Trinajstić information content (AvgIpc) is 2.73. The molecule has 0 aliphatic heterocycles. The quantitative estimate of drug-likeness (QED) is 0.864. The van der Waals surface area contributed by atoms with E-state index in [1.807, 2.05) is 0 Å². The Hall–Kier alpha value is -1.02. The number of aliphatic hydroxyl groups is 1. The molecule has 1 aliphatic carbocycles. The van der Waals surface area contributed by atoms with Gasteiger partial charge in [-0.3, -0.25) is 0 Å². The summed E-state index contributed by atoms with van der Waals surface area (Å²) in [6, 6.07) is 8.63. The Morgan fingerprint density at radius 1 is 1.24 bits per heavy atom. The van der Waals surface area contributed by atoms with Crippen LogP contribution in [0.2, 0.25) is 0 Å². The molecule has 0 radical (unpaired) electrons. The minimum Gasteiger partial charge on any atom is -0.393 e. The molecule has 2 rings (SSSR count). The molecule has 0 spiro atoms. The van der Waals surface area contributed by atoms with Crippen LogP contribution in [0.15, 0.2) is 24.3 Å². The summed E-state index contributed by atoms with van der Waals surface area (Å²) in [6.45, 7) is 3.14. The van der Waals surface area contributed by atoms with E-state index in [2.05, 4.69) is 43.1 Å².